The van der Waals surface area contributed by atoms with E-state index in [1.54, 1.807) is 25.3 Å². The van der Waals surface area contributed by atoms with Gasteiger partial charge in [-0.1, -0.05) is 30.2 Å². The molecule has 0 bridgehead atoms. The number of rotatable bonds is 13. The smallest absolute Gasteiger partial charge is 0.251 e. The molecule has 0 saturated carbocycles. The molecule has 1 saturated heterocycles. The third kappa shape index (κ3) is 9.01. The Labute approximate surface area is 266 Å². The molecule has 1 aliphatic rings. The van der Waals surface area contributed by atoms with Gasteiger partial charge in [0.15, 0.2) is 0 Å². The van der Waals surface area contributed by atoms with E-state index in [0.29, 0.717) is 66.3 Å². The van der Waals surface area contributed by atoms with Gasteiger partial charge in [0.25, 0.3) is 5.91 Å². The minimum Gasteiger partial charge on any atom is -0.366 e. The van der Waals surface area contributed by atoms with Gasteiger partial charge in [-0.2, -0.15) is 4.98 Å². The van der Waals surface area contributed by atoms with Crippen LogP contribution in [0.3, 0.4) is 0 Å². The van der Waals surface area contributed by atoms with Gasteiger partial charge in [-0.25, -0.2) is 17.7 Å². The Morgan fingerprint density at radius 1 is 1.16 bits per heavy atom. The molecule has 0 unspecified atom stereocenters. The van der Waals surface area contributed by atoms with Crippen LogP contribution in [0.2, 0.25) is 0 Å². The summed E-state index contributed by atoms with van der Waals surface area (Å²) in [6.07, 6.45) is 9.83. The summed E-state index contributed by atoms with van der Waals surface area (Å²) in [4.78, 5) is 33.1. The molecule has 0 spiro atoms. The maximum Gasteiger partial charge on any atom is 0.251 e. The Morgan fingerprint density at radius 3 is 2.57 bits per heavy atom. The fraction of sp³-hybridized carbons (Fsp3) is 0.355. The molecule has 1 fully saturated rings. The lowest BCUT2D eigenvalue weighted by Crippen LogP contribution is -2.45. The van der Waals surface area contributed by atoms with E-state index < -0.39 is 15.9 Å². The Morgan fingerprint density at radius 2 is 1.89 bits per heavy atom. The van der Waals surface area contributed by atoms with Crippen LogP contribution in [0.15, 0.2) is 53.1 Å². The van der Waals surface area contributed by atoms with Crippen LogP contribution in [0.5, 0.6) is 0 Å². The van der Waals surface area contributed by atoms with Gasteiger partial charge < -0.3 is 21.7 Å². The number of terminal acetylenes is 1. The summed E-state index contributed by atoms with van der Waals surface area (Å²) < 4.78 is 27.9. The Balaban J connectivity index is 1.21. The van der Waals surface area contributed by atoms with E-state index >= 15 is 0 Å². The fourth-order valence-corrected chi connectivity index (χ4v) is 6.64. The standard InChI is InChI=1S/C31H36BrN7O4S/c1-3-22-10-12-23(13-11-22)7-5-9-27(40)34-16-19-44(42,43)39-17-14-24(15-18-39)36-31-35-20-25(32)30(38-31)37-26-8-4-6-21(2)28(26)29(33)41/h1,4,6,8,10-13,20,24H,5,7,9,14-19H2,2H3,(H2,33,41)(H,34,40)(H2,35,36,37,38). The van der Waals surface area contributed by atoms with Crippen molar-refractivity contribution in [2.75, 3.05) is 36.0 Å². The number of halogens is 1. The lowest BCUT2D eigenvalue weighted by molar-refractivity contribution is -0.121. The highest BCUT2D eigenvalue weighted by molar-refractivity contribution is 9.10. The zero-order valence-electron chi connectivity index (χ0n) is 24.5. The molecule has 4 rings (SSSR count). The molecule has 44 heavy (non-hydrogen) atoms. The maximum atomic E-state index is 12.9. The summed E-state index contributed by atoms with van der Waals surface area (Å²) in [6.45, 7) is 2.57. The van der Waals surface area contributed by atoms with E-state index in [2.05, 4.69) is 47.8 Å². The van der Waals surface area contributed by atoms with E-state index in [9.17, 15) is 18.0 Å². The molecular weight excluding hydrogens is 646 g/mol. The lowest BCUT2D eigenvalue weighted by atomic mass is 10.1. The fourth-order valence-electron chi connectivity index (χ4n) is 4.97. The Kier molecular flexibility index (Phi) is 11.3. The van der Waals surface area contributed by atoms with E-state index in [0.717, 1.165) is 23.1 Å². The minimum atomic E-state index is -3.52. The van der Waals surface area contributed by atoms with Gasteiger partial charge in [0.1, 0.15) is 5.82 Å². The van der Waals surface area contributed by atoms with Crippen molar-refractivity contribution in [3.63, 3.8) is 0 Å². The molecule has 1 aromatic heterocycles. The van der Waals surface area contributed by atoms with Crippen molar-refractivity contribution >= 4 is 55.2 Å². The number of carbonyl (C=O) groups excluding carboxylic acids is 2. The van der Waals surface area contributed by atoms with Crippen LogP contribution in [0.4, 0.5) is 17.5 Å². The molecule has 13 heteroatoms. The number of hydrogen-bond donors (Lipinski definition) is 4. The molecule has 2 aromatic carbocycles. The molecule has 0 atom stereocenters. The highest BCUT2D eigenvalue weighted by Gasteiger charge is 2.28. The monoisotopic (exact) mass is 681 g/mol. The van der Waals surface area contributed by atoms with Gasteiger partial charge in [-0.3, -0.25) is 9.59 Å². The summed E-state index contributed by atoms with van der Waals surface area (Å²) in [5, 5.41) is 9.17. The first-order chi connectivity index (χ1) is 21.1. The number of amides is 2. The predicted molar refractivity (Wildman–Crippen MR) is 175 cm³/mol. The molecule has 3 aromatic rings. The van der Waals surface area contributed by atoms with Crippen molar-refractivity contribution in [2.45, 2.75) is 45.1 Å². The molecule has 5 N–H and O–H groups in total. The van der Waals surface area contributed by atoms with Crippen molar-refractivity contribution in [1.82, 2.24) is 19.6 Å². The second kappa shape index (κ2) is 15.1. The summed E-state index contributed by atoms with van der Waals surface area (Å²) in [7, 11) is -3.52. The van der Waals surface area contributed by atoms with Crippen LogP contribution < -0.4 is 21.7 Å². The lowest BCUT2D eigenvalue weighted by Gasteiger charge is -2.31. The number of aromatic nitrogens is 2. The van der Waals surface area contributed by atoms with Crippen LogP contribution in [0, 0.1) is 19.3 Å². The number of nitrogens with one attached hydrogen (secondary N) is 3. The van der Waals surface area contributed by atoms with Crippen LogP contribution in [-0.2, 0) is 21.2 Å². The number of benzene rings is 2. The number of aryl methyl sites for hydroxylation is 2. The van der Waals surface area contributed by atoms with Crippen LogP contribution in [0.25, 0.3) is 0 Å². The highest BCUT2D eigenvalue weighted by atomic mass is 79.9. The summed E-state index contributed by atoms with van der Waals surface area (Å²) in [6, 6.07) is 13.0. The molecule has 1 aliphatic heterocycles. The second-order valence-electron chi connectivity index (χ2n) is 10.6. The number of primary amides is 1. The summed E-state index contributed by atoms with van der Waals surface area (Å²) in [5.41, 5.74) is 9.15. The normalized spacial score (nSPS) is 14.0. The van der Waals surface area contributed by atoms with Crippen molar-refractivity contribution in [1.29, 1.82) is 0 Å². The Hall–Kier alpha value is -3.99. The SMILES string of the molecule is C#Cc1ccc(CCCC(=O)NCCS(=O)(=O)N2CCC(Nc3ncc(Br)c(Nc4cccc(C)c4C(N)=O)n3)CC2)cc1. The van der Waals surface area contributed by atoms with Crippen molar-refractivity contribution in [3.05, 3.63) is 75.4 Å². The van der Waals surface area contributed by atoms with Crippen LogP contribution in [0.1, 0.15) is 52.7 Å². The van der Waals surface area contributed by atoms with Gasteiger partial charge in [0.2, 0.25) is 21.9 Å². The minimum absolute atomic E-state index is 0.0295. The number of anilines is 3. The van der Waals surface area contributed by atoms with E-state index in [4.69, 9.17) is 12.2 Å². The molecular formula is C31H36BrN7O4S. The summed E-state index contributed by atoms with van der Waals surface area (Å²) in [5.74, 6) is 2.54. The van der Waals surface area contributed by atoms with Crippen molar-refractivity contribution in [3.8, 4) is 12.3 Å². The zero-order valence-corrected chi connectivity index (χ0v) is 26.9. The average molecular weight is 683 g/mol. The third-order valence-corrected chi connectivity index (χ3v) is 9.82. The first kappa shape index (κ1) is 32.9. The number of hydrogen-bond acceptors (Lipinski definition) is 8. The summed E-state index contributed by atoms with van der Waals surface area (Å²) >= 11 is 3.44. The first-order valence-corrected chi connectivity index (χ1v) is 16.7. The first-order valence-electron chi connectivity index (χ1n) is 14.3. The molecule has 232 valence electrons. The topological polar surface area (TPSA) is 159 Å². The zero-order chi connectivity index (χ0) is 31.7. The van der Waals surface area contributed by atoms with Gasteiger partial charge in [-0.15, -0.1) is 6.42 Å². The molecule has 2 amide bonds. The maximum absolute atomic E-state index is 12.9. The molecule has 0 aliphatic carbocycles. The van der Waals surface area contributed by atoms with Gasteiger partial charge >= 0.3 is 0 Å². The Bertz CT molecular complexity index is 1630. The number of sulfonamides is 1. The predicted octanol–water partition coefficient (Wildman–Crippen LogP) is 3.72. The number of nitrogens with zero attached hydrogens (tertiary/aromatic N) is 3. The number of piperidine rings is 1. The average Bonchev–Trinajstić information content (AvgIpc) is 2.99. The van der Waals surface area contributed by atoms with Crippen molar-refractivity contribution < 1.29 is 18.0 Å². The van der Waals surface area contributed by atoms with Gasteiger partial charge in [-0.05, 0) is 77.9 Å². The molecule has 2 heterocycles. The van der Waals surface area contributed by atoms with Gasteiger partial charge in [0.05, 0.1) is 21.5 Å². The second-order valence-corrected chi connectivity index (χ2v) is 13.5. The molecule has 0 radical (unpaired) electrons. The van der Waals surface area contributed by atoms with E-state index in [-0.39, 0.29) is 24.2 Å². The quantitative estimate of drug-likeness (QED) is 0.199. The van der Waals surface area contributed by atoms with E-state index in [1.807, 2.05) is 30.3 Å². The highest BCUT2D eigenvalue weighted by Crippen LogP contribution is 2.28. The van der Waals surface area contributed by atoms with Crippen LogP contribution in [-0.4, -0.2) is 65.9 Å². The number of carbonyl (C=O) groups is 2. The van der Waals surface area contributed by atoms with Crippen LogP contribution >= 0.6 is 15.9 Å². The van der Waals surface area contributed by atoms with E-state index in [1.165, 1.54) is 4.31 Å². The van der Waals surface area contributed by atoms with Crippen molar-refractivity contribution in [2.24, 2.45) is 5.73 Å². The molecule has 11 nitrogen and oxygen atoms in total. The largest absolute Gasteiger partial charge is 0.366 e. The van der Waals surface area contributed by atoms with Gasteiger partial charge in [0, 0.05) is 43.9 Å². The number of nitrogens with two attached hydrogens (primary N) is 1. The third-order valence-electron chi connectivity index (χ3n) is 7.37.